The van der Waals surface area contributed by atoms with Gasteiger partial charge in [-0.15, -0.1) is 0 Å². The molecule has 0 bridgehead atoms. The third-order valence-electron chi connectivity index (χ3n) is 1.96. The Bertz CT molecular complexity index is 384. The molecular weight excluding hydrogens is 343 g/mol. The second-order valence-electron chi connectivity index (χ2n) is 3.03. The molecule has 0 fully saturated rings. The largest absolute Gasteiger partial charge is 0.295 e. The summed E-state index contributed by atoms with van der Waals surface area (Å²) in [5, 5.41) is 0.686. The van der Waals surface area contributed by atoms with Gasteiger partial charge in [0, 0.05) is 10.6 Å². The summed E-state index contributed by atoms with van der Waals surface area (Å²) in [7, 11) is 0. The van der Waals surface area contributed by atoms with Gasteiger partial charge in [-0.25, -0.2) is 0 Å². The lowest BCUT2D eigenvalue weighted by molar-refractivity contribution is -0.113. The highest BCUT2D eigenvalue weighted by atomic mass is 79.9. The molecule has 0 aliphatic carbocycles. The van der Waals surface area contributed by atoms with Gasteiger partial charge in [-0.3, -0.25) is 4.79 Å². The Kier molecular flexibility index (Phi) is 5.03. The lowest BCUT2D eigenvalue weighted by Crippen LogP contribution is -2.02. The monoisotopic (exact) mass is 350 g/mol. The summed E-state index contributed by atoms with van der Waals surface area (Å²) in [6, 6.07) is 7.39. The fraction of sp³-hybridized carbons (Fsp3) is 0.182. The second-order valence-corrected chi connectivity index (χ2v) is 4.84. The molecule has 0 N–H and O–H groups in total. The van der Waals surface area contributed by atoms with Crippen LogP contribution in [0.5, 0.6) is 0 Å². The highest BCUT2D eigenvalue weighted by molar-refractivity contribution is 9.11. The van der Waals surface area contributed by atoms with Crippen LogP contribution in [0.2, 0.25) is 5.02 Å². The Labute approximate surface area is 111 Å². The molecule has 0 saturated heterocycles. The Morgan fingerprint density at radius 1 is 1.40 bits per heavy atom. The molecule has 0 saturated carbocycles. The number of alkyl halides is 1. The SMILES string of the molecule is CC(=O)/C(=C/Br)C(Br)c1ccc(Cl)cc1. The molecule has 1 atom stereocenters. The number of halogens is 3. The van der Waals surface area contributed by atoms with Crippen molar-refractivity contribution in [2.45, 2.75) is 11.8 Å². The van der Waals surface area contributed by atoms with Crippen molar-refractivity contribution in [2.24, 2.45) is 0 Å². The van der Waals surface area contributed by atoms with Crippen molar-refractivity contribution in [2.75, 3.05) is 0 Å². The summed E-state index contributed by atoms with van der Waals surface area (Å²) in [6.45, 7) is 1.54. The van der Waals surface area contributed by atoms with E-state index < -0.39 is 0 Å². The van der Waals surface area contributed by atoms with Gasteiger partial charge >= 0.3 is 0 Å². The molecule has 0 aliphatic rings. The molecule has 1 rings (SSSR count). The minimum atomic E-state index is -0.105. The van der Waals surface area contributed by atoms with Gasteiger partial charge in [0.1, 0.15) is 0 Å². The maximum Gasteiger partial charge on any atom is 0.157 e. The quantitative estimate of drug-likeness (QED) is 0.572. The van der Waals surface area contributed by atoms with Crippen LogP contribution in [0.25, 0.3) is 0 Å². The molecule has 80 valence electrons. The summed E-state index contributed by atoms with van der Waals surface area (Å²) in [6.07, 6.45) is 0. The van der Waals surface area contributed by atoms with Crippen LogP contribution in [0.3, 0.4) is 0 Å². The first-order valence-electron chi connectivity index (χ1n) is 4.27. The molecule has 0 radical (unpaired) electrons. The Morgan fingerprint density at radius 2 is 1.93 bits per heavy atom. The van der Waals surface area contributed by atoms with Crippen LogP contribution in [-0.2, 0) is 4.79 Å². The zero-order valence-electron chi connectivity index (χ0n) is 8.01. The first-order valence-corrected chi connectivity index (χ1v) is 6.48. The third kappa shape index (κ3) is 3.44. The van der Waals surface area contributed by atoms with Gasteiger partial charge in [-0.2, -0.15) is 0 Å². The number of carbonyl (C=O) groups is 1. The summed E-state index contributed by atoms with van der Waals surface area (Å²) in [4.78, 5) is 12.8. The number of benzene rings is 1. The maximum absolute atomic E-state index is 11.3. The minimum Gasteiger partial charge on any atom is -0.295 e. The van der Waals surface area contributed by atoms with Gasteiger partial charge in [0.05, 0.1) is 4.83 Å². The van der Waals surface area contributed by atoms with Crippen molar-refractivity contribution in [3.05, 3.63) is 45.4 Å². The van der Waals surface area contributed by atoms with Crippen LogP contribution in [0.15, 0.2) is 34.8 Å². The normalized spacial score (nSPS) is 13.7. The molecule has 0 aromatic heterocycles. The molecule has 0 heterocycles. The highest BCUT2D eigenvalue weighted by Crippen LogP contribution is 2.32. The van der Waals surface area contributed by atoms with Crippen molar-refractivity contribution in [1.82, 2.24) is 0 Å². The van der Waals surface area contributed by atoms with Crippen molar-refractivity contribution in [1.29, 1.82) is 0 Å². The molecule has 0 spiro atoms. The Morgan fingerprint density at radius 3 is 2.33 bits per heavy atom. The number of hydrogen-bond acceptors (Lipinski definition) is 1. The van der Waals surface area contributed by atoms with E-state index >= 15 is 0 Å². The number of hydrogen-bond donors (Lipinski definition) is 0. The summed E-state index contributed by atoms with van der Waals surface area (Å²) in [5.41, 5.74) is 1.68. The topological polar surface area (TPSA) is 17.1 Å². The van der Waals surface area contributed by atoms with Crippen LogP contribution >= 0.6 is 43.5 Å². The van der Waals surface area contributed by atoms with E-state index in [9.17, 15) is 4.79 Å². The van der Waals surface area contributed by atoms with E-state index in [4.69, 9.17) is 11.6 Å². The summed E-state index contributed by atoms with van der Waals surface area (Å²) >= 11 is 12.5. The summed E-state index contributed by atoms with van der Waals surface area (Å²) in [5.74, 6) is 0.0312. The molecule has 1 nitrogen and oxygen atoms in total. The fourth-order valence-electron chi connectivity index (χ4n) is 1.12. The van der Waals surface area contributed by atoms with E-state index in [1.165, 1.54) is 6.92 Å². The van der Waals surface area contributed by atoms with Crippen LogP contribution < -0.4 is 0 Å². The lowest BCUT2D eigenvalue weighted by Gasteiger charge is -2.11. The molecule has 15 heavy (non-hydrogen) atoms. The van der Waals surface area contributed by atoms with Crippen LogP contribution in [-0.4, -0.2) is 5.78 Å². The van der Waals surface area contributed by atoms with Crippen molar-refractivity contribution < 1.29 is 4.79 Å². The maximum atomic E-state index is 11.3. The molecule has 0 aliphatic heterocycles. The van der Waals surface area contributed by atoms with Gasteiger partial charge in [-0.1, -0.05) is 55.6 Å². The molecule has 0 amide bonds. The number of carbonyl (C=O) groups excluding carboxylic acids is 1. The van der Waals surface area contributed by atoms with Gasteiger partial charge < -0.3 is 0 Å². The van der Waals surface area contributed by atoms with Crippen molar-refractivity contribution in [3.63, 3.8) is 0 Å². The standard InChI is InChI=1S/C11H9Br2ClO/c1-7(15)10(6-12)11(13)8-2-4-9(14)5-3-8/h2-6,11H,1H3/b10-6-. The van der Waals surface area contributed by atoms with E-state index in [1.807, 2.05) is 12.1 Å². The average Bonchev–Trinajstić information content (AvgIpc) is 2.19. The Balaban J connectivity index is 2.98. The predicted molar refractivity (Wildman–Crippen MR) is 70.8 cm³/mol. The smallest absolute Gasteiger partial charge is 0.157 e. The van der Waals surface area contributed by atoms with E-state index in [1.54, 1.807) is 17.1 Å². The predicted octanol–water partition coefficient (Wildman–Crippen LogP) is 4.64. The number of rotatable bonds is 3. The van der Waals surface area contributed by atoms with Gasteiger partial charge in [0.15, 0.2) is 5.78 Å². The zero-order valence-corrected chi connectivity index (χ0v) is 11.9. The molecule has 1 aromatic carbocycles. The van der Waals surface area contributed by atoms with Gasteiger partial charge in [-0.05, 0) is 29.6 Å². The summed E-state index contributed by atoms with van der Waals surface area (Å²) < 4.78 is 0. The molecular formula is C11H9Br2ClO. The first-order chi connectivity index (χ1) is 7.06. The lowest BCUT2D eigenvalue weighted by atomic mass is 10.0. The van der Waals surface area contributed by atoms with E-state index in [0.717, 1.165) is 5.56 Å². The second kappa shape index (κ2) is 5.83. The van der Waals surface area contributed by atoms with Crippen molar-refractivity contribution in [3.8, 4) is 0 Å². The van der Waals surface area contributed by atoms with Crippen LogP contribution in [0.4, 0.5) is 0 Å². The molecule has 1 aromatic rings. The zero-order chi connectivity index (χ0) is 11.4. The number of Topliss-reactive ketones (excluding diaryl/α,β-unsaturated/α-hetero) is 1. The fourth-order valence-corrected chi connectivity index (χ4v) is 2.95. The van der Waals surface area contributed by atoms with Crippen LogP contribution in [0.1, 0.15) is 17.3 Å². The molecule has 1 unspecified atom stereocenters. The van der Waals surface area contributed by atoms with E-state index in [0.29, 0.717) is 10.6 Å². The van der Waals surface area contributed by atoms with Gasteiger partial charge in [0.2, 0.25) is 0 Å². The average molecular weight is 352 g/mol. The van der Waals surface area contributed by atoms with Gasteiger partial charge in [0.25, 0.3) is 0 Å². The highest BCUT2D eigenvalue weighted by Gasteiger charge is 2.16. The van der Waals surface area contributed by atoms with Crippen LogP contribution in [0, 0.1) is 0 Å². The number of ketones is 1. The third-order valence-corrected chi connectivity index (χ3v) is 3.73. The first kappa shape index (κ1) is 12.9. The number of allylic oxidation sites excluding steroid dienone is 1. The Hall–Kier alpha value is -0.120. The minimum absolute atomic E-state index is 0.0312. The molecule has 4 heteroatoms. The van der Waals surface area contributed by atoms with E-state index in [-0.39, 0.29) is 10.6 Å². The van der Waals surface area contributed by atoms with E-state index in [2.05, 4.69) is 31.9 Å². The van der Waals surface area contributed by atoms with Crippen molar-refractivity contribution >= 4 is 49.2 Å².